The highest BCUT2D eigenvalue weighted by molar-refractivity contribution is 6.56. The minimum absolute atomic E-state index is 0.000853. The highest BCUT2D eigenvalue weighted by Gasteiger charge is 2.40. The average Bonchev–Trinajstić information content (AvgIpc) is 2.78. The van der Waals surface area contributed by atoms with Gasteiger partial charge in [0.2, 0.25) is 0 Å². The highest BCUT2D eigenvalue weighted by Crippen LogP contribution is 2.51. The van der Waals surface area contributed by atoms with Crippen molar-refractivity contribution in [2.24, 2.45) is 11.8 Å². The zero-order valence-corrected chi connectivity index (χ0v) is 25.8. The van der Waals surface area contributed by atoms with Crippen molar-refractivity contribution in [3.63, 3.8) is 0 Å². The van der Waals surface area contributed by atoms with Gasteiger partial charge in [0.05, 0.1) is 18.2 Å². The van der Waals surface area contributed by atoms with Gasteiger partial charge in [0.15, 0.2) is 23.5 Å². The maximum Gasteiger partial charge on any atom is 0.340 e. The first-order valence-corrected chi connectivity index (χ1v) is 16.0. The molecule has 0 aliphatic heterocycles. The normalized spacial score (nSPS) is 12.3. The van der Waals surface area contributed by atoms with Crippen LogP contribution >= 0.6 is 11.6 Å². The maximum atomic E-state index is 12.9. The van der Waals surface area contributed by atoms with Gasteiger partial charge >= 0.3 is 5.97 Å². The minimum Gasteiger partial charge on any atom is -0.539 e. The SMILES string of the molecule is C=CCOC(=O)c1c(Cl)c(OC)c(O[Si](C)C(C)(C)C(C)C)c(O[Si](C)C(C)(C)C(C)C)c1C=O. The number of halogens is 1. The second-order valence-corrected chi connectivity index (χ2v) is 16.0. The third-order valence-corrected chi connectivity index (χ3v) is 13.6. The molecule has 0 saturated heterocycles. The quantitative estimate of drug-likeness (QED) is 0.112. The summed E-state index contributed by atoms with van der Waals surface area (Å²) >= 11 is 6.65. The number of hydrogen-bond acceptors (Lipinski definition) is 6. The van der Waals surface area contributed by atoms with E-state index in [4.69, 9.17) is 29.9 Å². The molecule has 0 atom stereocenters. The van der Waals surface area contributed by atoms with Crippen molar-refractivity contribution in [3.8, 4) is 17.2 Å². The van der Waals surface area contributed by atoms with Crippen LogP contribution in [0.25, 0.3) is 0 Å². The van der Waals surface area contributed by atoms with Crippen molar-refractivity contribution in [1.29, 1.82) is 0 Å². The van der Waals surface area contributed by atoms with Crippen LogP contribution in [0.4, 0.5) is 0 Å². The fourth-order valence-corrected chi connectivity index (χ4v) is 6.44. The summed E-state index contributed by atoms with van der Waals surface area (Å²) in [6.45, 7) is 24.8. The van der Waals surface area contributed by atoms with Gasteiger partial charge in [-0.15, -0.1) is 0 Å². The lowest BCUT2D eigenvalue weighted by molar-refractivity contribution is 0.0547. The Balaban J connectivity index is 3.94. The predicted octanol–water partition coefficient (Wildman–Crippen LogP) is 7.38. The first kappa shape index (κ1) is 31.3. The molecular formula is C26H41ClO6Si2. The molecule has 0 N–H and O–H groups in total. The van der Waals surface area contributed by atoms with E-state index in [-0.39, 0.29) is 50.1 Å². The third-order valence-electron chi connectivity index (χ3n) is 7.42. The lowest BCUT2D eigenvalue weighted by Gasteiger charge is -2.36. The molecule has 1 aromatic carbocycles. The Morgan fingerprint density at radius 2 is 1.43 bits per heavy atom. The van der Waals surface area contributed by atoms with Gasteiger partial charge in [0.25, 0.3) is 18.1 Å². The van der Waals surface area contributed by atoms with E-state index in [2.05, 4.69) is 68.5 Å². The van der Waals surface area contributed by atoms with Crippen molar-refractivity contribution in [2.45, 2.75) is 78.6 Å². The van der Waals surface area contributed by atoms with Crippen LogP contribution in [0.15, 0.2) is 12.7 Å². The van der Waals surface area contributed by atoms with E-state index in [0.717, 1.165) is 0 Å². The molecule has 0 aromatic heterocycles. The number of esters is 1. The average molecular weight is 541 g/mol. The zero-order valence-electron chi connectivity index (χ0n) is 23.1. The van der Waals surface area contributed by atoms with Gasteiger partial charge < -0.3 is 18.3 Å². The number of carbonyl (C=O) groups is 2. The Morgan fingerprint density at radius 1 is 0.971 bits per heavy atom. The number of methoxy groups -OCH3 is 1. The summed E-state index contributed by atoms with van der Waals surface area (Å²) in [5.74, 6) is 0.497. The molecule has 2 radical (unpaired) electrons. The standard InChI is InChI=1S/C26H41ClO6Si2/c1-13-14-31-24(29)19-18(15-28)21(32-34(11)25(6,7)16(2)3)23(22(30-10)20(19)27)33-35(12)26(8,9)17(4)5/h13,15-17H,1,14H2,2-12H3. The summed E-state index contributed by atoms with van der Waals surface area (Å²) < 4.78 is 24.0. The van der Waals surface area contributed by atoms with E-state index in [0.29, 0.717) is 18.1 Å². The lowest BCUT2D eigenvalue weighted by atomic mass is 9.99. The smallest absolute Gasteiger partial charge is 0.340 e. The van der Waals surface area contributed by atoms with Crippen LogP contribution in [0.5, 0.6) is 17.2 Å². The maximum absolute atomic E-state index is 12.9. The van der Waals surface area contributed by atoms with Gasteiger partial charge in [-0.2, -0.15) is 0 Å². The number of ether oxygens (including phenoxy) is 2. The molecule has 0 aliphatic carbocycles. The van der Waals surface area contributed by atoms with Crippen LogP contribution in [0.1, 0.15) is 76.1 Å². The molecule has 0 unspecified atom stereocenters. The van der Waals surface area contributed by atoms with Crippen LogP contribution < -0.4 is 13.6 Å². The molecule has 6 nitrogen and oxygen atoms in total. The predicted molar refractivity (Wildman–Crippen MR) is 146 cm³/mol. The van der Waals surface area contributed by atoms with Crippen LogP contribution in [-0.4, -0.2) is 44.1 Å². The van der Waals surface area contributed by atoms with E-state index in [1.807, 2.05) is 6.55 Å². The van der Waals surface area contributed by atoms with Crippen molar-refractivity contribution in [1.82, 2.24) is 0 Å². The van der Waals surface area contributed by atoms with E-state index in [9.17, 15) is 9.59 Å². The number of benzene rings is 1. The summed E-state index contributed by atoms with van der Waals surface area (Å²) in [5, 5.41) is -0.328. The summed E-state index contributed by atoms with van der Waals surface area (Å²) in [7, 11) is -1.60. The van der Waals surface area contributed by atoms with Crippen LogP contribution in [0.2, 0.25) is 28.2 Å². The van der Waals surface area contributed by atoms with Crippen molar-refractivity contribution in [3.05, 3.63) is 28.8 Å². The summed E-state index contributed by atoms with van der Waals surface area (Å²) in [4.78, 5) is 25.4. The highest BCUT2D eigenvalue weighted by atomic mass is 35.5. The van der Waals surface area contributed by atoms with E-state index < -0.39 is 24.0 Å². The molecule has 0 aliphatic rings. The first-order chi connectivity index (χ1) is 16.1. The molecule has 0 fully saturated rings. The Kier molecular flexibility index (Phi) is 11.1. The first-order valence-electron chi connectivity index (χ1n) is 11.8. The Morgan fingerprint density at radius 3 is 1.80 bits per heavy atom. The van der Waals surface area contributed by atoms with Crippen LogP contribution in [-0.2, 0) is 4.74 Å². The molecule has 1 rings (SSSR count). The molecule has 0 amide bonds. The Hall–Kier alpha value is -1.78. The molecule has 9 heteroatoms. The summed E-state index contributed by atoms with van der Waals surface area (Å²) in [5.41, 5.74) is -0.103. The Bertz CT molecular complexity index is 927. The van der Waals surface area contributed by atoms with Crippen LogP contribution in [0, 0.1) is 11.8 Å². The second kappa shape index (κ2) is 12.5. The van der Waals surface area contributed by atoms with Crippen molar-refractivity contribution in [2.75, 3.05) is 13.7 Å². The second-order valence-electron chi connectivity index (χ2n) is 10.4. The number of aldehydes is 1. The summed E-state index contributed by atoms with van der Waals surface area (Å²) in [6.07, 6.45) is 2.02. The number of rotatable bonds is 13. The molecule has 1 aromatic rings. The van der Waals surface area contributed by atoms with Crippen molar-refractivity contribution >= 4 is 41.9 Å². The molecule has 0 saturated carbocycles. The van der Waals surface area contributed by atoms with E-state index >= 15 is 0 Å². The van der Waals surface area contributed by atoms with Gasteiger partial charge in [-0.1, -0.05) is 79.6 Å². The van der Waals surface area contributed by atoms with Gasteiger partial charge in [0.1, 0.15) is 11.6 Å². The molecule has 0 bridgehead atoms. The third kappa shape index (κ3) is 6.71. The molecule has 0 heterocycles. The minimum atomic E-state index is -1.55. The van der Waals surface area contributed by atoms with Gasteiger partial charge in [-0.3, -0.25) is 4.79 Å². The molecule has 0 spiro atoms. The number of carbonyl (C=O) groups excluding carboxylic acids is 2. The molecule has 196 valence electrons. The van der Waals surface area contributed by atoms with Crippen molar-refractivity contribution < 1.29 is 27.9 Å². The van der Waals surface area contributed by atoms with Gasteiger partial charge in [-0.25, -0.2) is 4.79 Å². The van der Waals surface area contributed by atoms with E-state index in [1.54, 1.807) is 0 Å². The Labute approximate surface area is 219 Å². The molecule has 35 heavy (non-hydrogen) atoms. The fourth-order valence-electron chi connectivity index (χ4n) is 2.95. The largest absolute Gasteiger partial charge is 0.539 e. The lowest BCUT2D eigenvalue weighted by Crippen LogP contribution is -2.37. The van der Waals surface area contributed by atoms with E-state index in [1.165, 1.54) is 13.2 Å². The molecular weight excluding hydrogens is 500 g/mol. The number of hydrogen-bond donors (Lipinski definition) is 0. The van der Waals surface area contributed by atoms with Gasteiger partial charge in [0, 0.05) is 0 Å². The summed E-state index contributed by atoms with van der Waals surface area (Å²) in [6, 6.07) is 0. The zero-order chi connectivity index (χ0) is 27.3. The topological polar surface area (TPSA) is 71.1 Å². The fraction of sp³-hybridized carbons (Fsp3) is 0.615. The van der Waals surface area contributed by atoms with Gasteiger partial charge in [-0.05, 0) is 35.0 Å². The monoisotopic (exact) mass is 540 g/mol. The van der Waals surface area contributed by atoms with Crippen LogP contribution in [0.3, 0.4) is 0 Å².